The summed E-state index contributed by atoms with van der Waals surface area (Å²) in [6.45, 7) is 3.28. The molecule has 31 heavy (non-hydrogen) atoms. The minimum absolute atomic E-state index is 0.0607. The molecule has 3 rings (SSSR count). The maximum Gasteiger partial charge on any atom is 0.253 e. The molecule has 0 bridgehead atoms. The molecule has 7 nitrogen and oxygen atoms in total. The Kier molecular flexibility index (Phi) is 6.72. The molecule has 0 atom stereocenters. The fraction of sp³-hybridized carbons (Fsp3) is 0.217. The quantitative estimate of drug-likeness (QED) is 0.591. The number of likely N-dealkylation sites (N-methyl/N-ethyl adjacent to an activating group) is 1. The first-order valence-corrected chi connectivity index (χ1v) is 11.3. The number of hydrogen-bond acceptors (Lipinski definition) is 4. The summed E-state index contributed by atoms with van der Waals surface area (Å²) in [5, 5.41) is 7.15. The van der Waals surface area contributed by atoms with Gasteiger partial charge in [0, 0.05) is 13.1 Å². The Labute approximate surface area is 182 Å². The van der Waals surface area contributed by atoms with E-state index >= 15 is 0 Å². The molecule has 0 aromatic heterocycles. The zero-order valence-electron chi connectivity index (χ0n) is 17.6. The smallest absolute Gasteiger partial charge is 0.253 e. The second kappa shape index (κ2) is 9.28. The van der Waals surface area contributed by atoms with Gasteiger partial charge in [-0.2, -0.15) is 4.31 Å². The van der Waals surface area contributed by atoms with Crippen molar-refractivity contribution in [3.8, 4) is 0 Å². The van der Waals surface area contributed by atoms with Crippen molar-refractivity contribution in [3.63, 3.8) is 0 Å². The Bertz CT molecular complexity index is 1220. The number of anilines is 1. The molecule has 0 aliphatic heterocycles. The third-order valence-corrected chi connectivity index (χ3v) is 6.46. The van der Waals surface area contributed by atoms with Gasteiger partial charge in [0.05, 0.1) is 22.7 Å². The van der Waals surface area contributed by atoms with Crippen LogP contribution < -0.4 is 10.6 Å². The van der Waals surface area contributed by atoms with E-state index in [1.165, 1.54) is 13.1 Å². The van der Waals surface area contributed by atoms with E-state index in [2.05, 4.69) is 10.6 Å². The van der Waals surface area contributed by atoms with E-state index < -0.39 is 22.5 Å². The maximum absolute atomic E-state index is 12.9. The molecule has 8 heteroatoms. The molecule has 0 heterocycles. The lowest BCUT2D eigenvalue weighted by molar-refractivity contribution is -0.116. The zero-order chi connectivity index (χ0) is 22.6. The van der Waals surface area contributed by atoms with Gasteiger partial charge in [-0.15, -0.1) is 0 Å². The van der Waals surface area contributed by atoms with Crippen LogP contribution in [-0.2, 0) is 14.8 Å². The van der Waals surface area contributed by atoms with Crippen LogP contribution in [0.5, 0.6) is 0 Å². The first-order valence-electron chi connectivity index (χ1n) is 9.83. The Morgan fingerprint density at radius 1 is 0.935 bits per heavy atom. The van der Waals surface area contributed by atoms with Crippen molar-refractivity contribution in [2.75, 3.05) is 18.9 Å². The summed E-state index contributed by atoms with van der Waals surface area (Å²) in [6.07, 6.45) is 0. The van der Waals surface area contributed by atoms with Gasteiger partial charge in [0.15, 0.2) is 0 Å². The molecule has 0 aliphatic rings. The summed E-state index contributed by atoms with van der Waals surface area (Å²) in [4.78, 5) is 25.0. The van der Waals surface area contributed by atoms with Crippen molar-refractivity contribution in [1.82, 2.24) is 9.62 Å². The van der Waals surface area contributed by atoms with Crippen molar-refractivity contribution in [2.24, 2.45) is 0 Å². The first kappa shape index (κ1) is 22.5. The van der Waals surface area contributed by atoms with E-state index in [9.17, 15) is 18.0 Å². The number of hydrogen-bond donors (Lipinski definition) is 2. The Morgan fingerprint density at radius 2 is 1.58 bits per heavy atom. The minimum Gasteiger partial charge on any atom is -0.350 e. The predicted molar refractivity (Wildman–Crippen MR) is 121 cm³/mol. The van der Waals surface area contributed by atoms with E-state index in [0.29, 0.717) is 11.3 Å². The Morgan fingerprint density at radius 3 is 2.29 bits per heavy atom. The van der Waals surface area contributed by atoms with Gasteiger partial charge in [0.25, 0.3) is 5.91 Å². The molecule has 0 aliphatic carbocycles. The number of para-hydroxylation sites is 1. The maximum atomic E-state index is 12.9. The van der Waals surface area contributed by atoms with Crippen molar-refractivity contribution >= 4 is 38.3 Å². The number of amides is 2. The summed E-state index contributed by atoms with van der Waals surface area (Å²) in [5.74, 6) is -0.861. The predicted octanol–water partition coefficient (Wildman–Crippen LogP) is 3.24. The van der Waals surface area contributed by atoms with Gasteiger partial charge in [-0.25, -0.2) is 8.42 Å². The monoisotopic (exact) mass is 439 g/mol. The molecule has 0 fully saturated rings. The van der Waals surface area contributed by atoms with Crippen LogP contribution in [0.3, 0.4) is 0 Å². The number of nitrogens with zero attached hydrogens (tertiary/aromatic N) is 1. The number of benzene rings is 3. The Hall–Kier alpha value is -3.23. The van der Waals surface area contributed by atoms with Gasteiger partial charge in [0.1, 0.15) is 0 Å². The zero-order valence-corrected chi connectivity index (χ0v) is 18.4. The van der Waals surface area contributed by atoms with E-state index in [1.54, 1.807) is 36.4 Å². The molecule has 0 unspecified atom stereocenters. The summed E-state index contributed by atoms with van der Waals surface area (Å²) in [6, 6.07) is 18.8. The minimum atomic E-state index is -3.87. The molecule has 0 saturated carbocycles. The van der Waals surface area contributed by atoms with Crippen LogP contribution in [0.25, 0.3) is 10.8 Å². The normalized spacial score (nSPS) is 11.6. The standard InChI is InChI=1S/C23H25N3O4S/c1-16(2)24-23(28)20-10-6-7-11-21(20)25-22(27)15-26(3)31(29,30)19-13-12-17-8-4-5-9-18(17)14-19/h4-14,16H,15H2,1-3H3,(H,24,28)(H,25,27). The lowest BCUT2D eigenvalue weighted by atomic mass is 10.1. The van der Waals surface area contributed by atoms with Gasteiger partial charge < -0.3 is 10.6 Å². The molecule has 162 valence electrons. The van der Waals surface area contributed by atoms with Gasteiger partial charge in [-0.1, -0.05) is 42.5 Å². The topological polar surface area (TPSA) is 95.6 Å². The van der Waals surface area contributed by atoms with Crippen molar-refractivity contribution in [1.29, 1.82) is 0 Å². The van der Waals surface area contributed by atoms with Gasteiger partial charge in [0.2, 0.25) is 15.9 Å². The van der Waals surface area contributed by atoms with Crippen LogP contribution in [-0.4, -0.2) is 44.2 Å². The third-order valence-electron chi connectivity index (χ3n) is 4.66. The van der Waals surface area contributed by atoms with Gasteiger partial charge in [-0.05, 0) is 48.9 Å². The molecule has 0 spiro atoms. The third kappa shape index (κ3) is 5.28. The molecule has 2 N–H and O–H groups in total. The number of rotatable bonds is 7. The number of nitrogens with one attached hydrogen (secondary N) is 2. The first-order chi connectivity index (χ1) is 14.7. The van der Waals surface area contributed by atoms with Crippen LogP contribution in [0.2, 0.25) is 0 Å². The molecular weight excluding hydrogens is 414 g/mol. The van der Waals surface area contributed by atoms with Gasteiger partial charge in [-0.3, -0.25) is 9.59 Å². The van der Waals surface area contributed by atoms with E-state index in [4.69, 9.17) is 0 Å². The highest BCUT2D eigenvalue weighted by atomic mass is 32.2. The lowest BCUT2D eigenvalue weighted by Crippen LogP contribution is -2.35. The molecule has 0 radical (unpaired) electrons. The van der Waals surface area contributed by atoms with Crippen molar-refractivity contribution < 1.29 is 18.0 Å². The average molecular weight is 440 g/mol. The fourth-order valence-electron chi connectivity index (χ4n) is 3.11. The number of sulfonamides is 1. The molecule has 2 amide bonds. The molecule has 0 saturated heterocycles. The molecule has 3 aromatic carbocycles. The Balaban J connectivity index is 1.75. The number of fused-ring (bicyclic) bond motifs is 1. The second-order valence-electron chi connectivity index (χ2n) is 7.49. The second-order valence-corrected chi connectivity index (χ2v) is 9.54. The SMILES string of the molecule is CC(C)NC(=O)c1ccccc1NC(=O)CN(C)S(=O)(=O)c1ccc2ccccc2c1. The van der Waals surface area contributed by atoms with Crippen molar-refractivity contribution in [2.45, 2.75) is 24.8 Å². The van der Waals surface area contributed by atoms with Crippen LogP contribution >= 0.6 is 0 Å². The van der Waals surface area contributed by atoms with Crippen LogP contribution in [0.1, 0.15) is 24.2 Å². The highest BCUT2D eigenvalue weighted by Crippen LogP contribution is 2.21. The lowest BCUT2D eigenvalue weighted by Gasteiger charge is -2.18. The summed E-state index contributed by atoms with van der Waals surface area (Å²) >= 11 is 0. The number of carbonyl (C=O) groups is 2. The molecular formula is C23H25N3O4S. The van der Waals surface area contributed by atoms with Crippen LogP contribution in [0.4, 0.5) is 5.69 Å². The highest BCUT2D eigenvalue weighted by molar-refractivity contribution is 7.89. The fourth-order valence-corrected chi connectivity index (χ4v) is 4.28. The molecule has 3 aromatic rings. The average Bonchev–Trinajstić information content (AvgIpc) is 2.73. The van der Waals surface area contributed by atoms with Crippen molar-refractivity contribution in [3.05, 3.63) is 72.3 Å². The summed E-state index contributed by atoms with van der Waals surface area (Å²) < 4.78 is 26.9. The highest BCUT2D eigenvalue weighted by Gasteiger charge is 2.24. The van der Waals surface area contributed by atoms with E-state index in [0.717, 1.165) is 15.1 Å². The van der Waals surface area contributed by atoms with Crippen LogP contribution in [0, 0.1) is 0 Å². The van der Waals surface area contributed by atoms with Crippen LogP contribution in [0.15, 0.2) is 71.6 Å². The van der Waals surface area contributed by atoms with E-state index in [-0.39, 0.29) is 16.8 Å². The van der Waals surface area contributed by atoms with E-state index in [1.807, 2.05) is 38.1 Å². The number of carbonyl (C=O) groups excluding carboxylic acids is 2. The largest absolute Gasteiger partial charge is 0.350 e. The van der Waals surface area contributed by atoms with Gasteiger partial charge >= 0.3 is 0 Å². The summed E-state index contributed by atoms with van der Waals surface area (Å²) in [5.41, 5.74) is 0.631. The summed E-state index contributed by atoms with van der Waals surface area (Å²) in [7, 11) is -2.52.